The van der Waals surface area contributed by atoms with Crippen LogP contribution in [0.15, 0.2) is 6.07 Å². The number of aromatic nitrogens is 2. The lowest BCUT2D eigenvalue weighted by molar-refractivity contribution is -0.0253. The minimum absolute atomic E-state index is 0.523. The number of hydrogen-bond acceptors (Lipinski definition) is 2. The maximum Gasteiger partial charge on any atom is 0.0705 e. The Balaban J connectivity index is 2.13. The molecule has 1 aliphatic carbocycles. The molecular formula is C17H30N2O. The fourth-order valence-electron chi connectivity index (χ4n) is 3.56. The number of nitrogens with zero attached hydrogens (tertiary/aromatic N) is 2. The first kappa shape index (κ1) is 15.6. The number of aliphatic hydroxyl groups is 1. The van der Waals surface area contributed by atoms with Gasteiger partial charge in [0.05, 0.1) is 11.3 Å². The van der Waals surface area contributed by atoms with Gasteiger partial charge < -0.3 is 5.11 Å². The van der Waals surface area contributed by atoms with Crippen molar-refractivity contribution >= 4 is 0 Å². The molecule has 1 saturated carbocycles. The van der Waals surface area contributed by atoms with E-state index in [1.165, 1.54) is 12.1 Å². The first-order valence-electron chi connectivity index (χ1n) is 8.25. The van der Waals surface area contributed by atoms with E-state index >= 15 is 0 Å². The fourth-order valence-corrected chi connectivity index (χ4v) is 3.56. The van der Waals surface area contributed by atoms with Crippen LogP contribution in [0.2, 0.25) is 0 Å². The number of aryl methyl sites for hydroxylation is 2. The third-order valence-corrected chi connectivity index (χ3v) is 4.89. The van der Waals surface area contributed by atoms with Crippen LogP contribution in [-0.4, -0.2) is 20.5 Å². The monoisotopic (exact) mass is 278 g/mol. The molecule has 2 atom stereocenters. The zero-order valence-corrected chi connectivity index (χ0v) is 13.5. The molecule has 0 amide bonds. The van der Waals surface area contributed by atoms with Gasteiger partial charge in [-0.3, -0.25) is 4.68 Å². The van der Waals surface area contributed by atoms with Gasteiger partial charge >= 0.3 is 0 Å². The quantitative estimate of drug-likeness (QED) is 0.894. The Morgan fingerprint density at radius 1 is 1.45 bits per heavy atom. The van der Waals surface area contributed by atoms with E-state index in [2.05, 4.69) is 43.5 Å². The summed E-state index contributed by atoms with van der Waals surface area (Å²) in [6.45, 7) is 9.71. The molecule has 0 bridgehead atoms. The second-order valence-electron chi connectivity index (χ2n) is 6.80. The van der Waals surface area contributed by atoms with Crippen LogP contribution >= 0.6 is 0 Å². The summed E-state index contributed by atoms with van der Waals surface area (Å²) < 4.78 is 2.07. The van der Waals surface area contributed by atoms with Gasteiger partial charge in [-0.2, -0.15) is 5.10 Å². The van der Waals surface area contributed by atoms with Gasteiger partial charge in [0.2, 0.25) is 0 Å². The summed E-state index contributed by atoms with van der Waals surface area (Å²) >= 11 is 0. The summed E-state index contributed by atoms with van der Waals surface area (Å²) in [4.78, 5) is 0. The normalized spacial score (nSPS) is 27.2. The lowest BCUT2D eigenvalue weighted by atomic mass is 9.72. The van der Waals surface area contributed by atoms with Crippen LogP contribution < -0.4 is 0 Å². The average Bonchev–Trinajstić information content (AvgIpc) is 2.80. The standard InChI is InChI=1S/C17H30N2O/c1-5-15-10-16(19(6-2)18-15)12-17(20)9-7-8-14(11-17)13(3)4/h10,13-14,20H,5-9,11-12H2,1-4H3. The summed E-state index contributed by atoms with van der Waals surface area (Å²) in [5.74, 6) is 1.33. The summed E-state index contributed by atoms with van der Waals surface area (Å²) in [7, 11) is 0. The van der Waals surface area contributed by atoms with E-state index in [-0.39, 0.29) is 0 Å². The molecular weight excluding hydrogens is 248 g/mol. The first-order valence-corrected chi connectivity index (χ1v) is 8.25. The predicted molar refractivity (Wildman–Crippen MR) is 82.7 cm³/mol. The Morgan fingerprint density at radius 3 is 2.80 bits per heavy atom. The molecule has 1 aromatic heterocycles. The zero-order valence-electron chi connectivity index (χ0n) is 13.5. The number of hydrogen-bond donors (Lipinski definition) is 1. The van der Waals surface area contributed by atoms with Crippen molar-refractivity contribution in [3.05, 3.63) is 17.5 Å². The van der Waals surface area contributed by atoms with Gasteiger partial charge in [-0.05, 0) is 50.5 Å². The molecule has 0 aliphatic heterocycles. The molecule has 0 spiro atoms. The van der Waals surface area contributed by atoms with Gasteiger partial charge in [0.1, 0.15) is 0 Å². The average molecular weight is 278 g/mol. The summed E-state index contributed by atoms with van der Waals surface area (Å²) in [5.41, 5.74) is 1.82. The van der Waals surface area contributed by atoms with Crippen LogP contribution in [0, 0.1) is 11.8 Å². The van der Waals surface area contributed by atoms with Crippen molar-refractivity contribution in [1.82, 2.24) is 9.78 Å². The highest BCUT2D eigenvalue weighted by atomic mass is 16.3. The van der Waals surface area contributed by atoms with Crippen molar-refractivity contribution in [2.75, 3.05) is 0 Å². The van der Waals surface area contributed by atoms with E-state index in [1.807, 2.05) is 0 Å². The molecule has 1 aromatic rings. The van der Waals surface area contributed by atoms with E-state index in [1.54, 1.807) is 0 Å². The zero-order chi connectivity index (χ0) is 14.8. The lowest BCUT2D eigenvalue weighted by Gasteiger charge is -2.38. The summed E-state index contributed by atoms with van der Waals surface area (Å²) in [6, 6.07) is 2.18. The second-order valence-corrected chi connectivity index (χ2v) is 6.80. The van der Waals surface area contributed by atoms with Gasteiger partial charge in [-0.15, -0.1) is 0 Å². The number of rotatable bonds is 5. The van der Waals surface area contributed by atoms with Gasteiger partial charge in [0.25, 0.3) is 0 Å². The Labute approximate surface area is 123 Å². The van der Waals surface area contributed by atoms with Crippen molar-refractivity contribution in [2.45, 2.75) is 78.4 Å². The third-order valence-electron chi connectivity index (χ3n) is 4.89. The molecule has 3 heteroatoms. The van der Waals surface area contributed by atoms with Crippen LogP contribution in [-0.2, 0) is 19.4 Å². The van der Waals surface area contributed by atoms with E-state index in [0.29, 0.717) is 11.8 Å². The van der Waals surface area contributed by atoms with Crippen LogP contribution in [0.4, 0.5) is 0 Å². The van der Waals surface area contributed by atoms with Crippen molar-refractivity contribution in [2.24, 2.45) is 11.8 Å². The Kier molecular flexibility index (Phi) is 4.90. The molecule has 2 unspecified atom stereocenters. The summed E-state index contributed by atoms with van der Waals surface area (Å²) in [6.07, 6.45) is 6.03. The van der Waals surface area contributed by atoms with Crippen LogP contribution in [0.3, 0.4) is 0 Å². The van der Waals surface area contributed by atoms with Gasteiger partial charge in [0, 0.05) is 18.7 Å². The Hall–Kier alpha value is -0.830. The fraction of sp³-hybridized carbons (Fsp3) is 0.824. The van der Waals surface area contributed by atoms with Gasteiger partial charge in [-0.25, -0.2) is 0 Å². The minimum Gasteiger partial charge on any atom is -0.389 e. The first-order chi connectivity index (χ1) is 9.47. The van der Waals surface area contributed by atoms with E-state index < -0.39 is 5.60 Å². The highest BCUT2D eigenvalue weighted by Crippen LogP contribution is 2.38. The molecule has 20 heavy (non-hydrogen) atoms. The van der Waals surface area contributed by atoms with Crippen molar-refractivity contribution in [1.29, 1.82) is 0 Å². The SMILES string of the molecule is CCc1cc(CC2(O)CCCC(C(C)C)C2)n(CC)n1. The van der Waals surface area contributed by atoms with Crippen LogP contribution in [0.5, 0.6) is 0 Å². The molecule has 1 N–H and O–H groups in total. The molecule has 0 radical (unpaired) electrons. The molecule has 1 heterocycles. The van der Waals surface area contributed by atoms with Crippen LogP contribution in [0.1, 0.15) is 64.8 Å². The van der Waals surface area contributed by atoms with Crippen molar-refractivity contribution < 1.29 is 5.11 Å². The second kappa shape index (κ2) is 6.30. The van der Waals surface area contributed by atoms with E-state index in [0.717, 1.165) is 44.3 Å². The van der Waals surface area contributed by atoms with E-state index in [9.17, 15) is 5.11 Å². The Bertz CT molecular complexity index is 438. The Morgan fingerprint density at radius 2 is 2.20 bits per heavy atom. The maximum atomic E-state index is 11.0. The minimum atomic E-state index is -0.523. The molecule has 2 rings (SSSR count). The van der Waals surface area contributed by atoms with Crippen LogP contribution in [0.25, 0.3) is 0 Å². The smallest absolute Gasteiger partial charge is 0.0705 e. The molecule has 0 aromatic carbocycles. The lowest BCUT2D eigenvalue weighted by Crippen LogP contribution is -2.39. The summed E-state index contributed by atoms with van der Waals surface area (Å²) in [5, 5.41) is 15.6. The topological polar surface area (TPSA) is 38.0 Å². The molecule has 1 fully saturated rings. The van der Waals surface area contributed by atoms with E-state index in [4.69, 9.17) is 0 Å². The molecule has 114 valence electrons. The van der Waals surface area contributed by atoms with Gasteiger partial charge in [-0.1, -0.05) is 27.2 Å². The highest BCUT2D eigenvalue weighted by molar-refractivity contribution is 5.13. The largest absolute Gasteiger partial charge is 0.389 e. The molecule has 0 saturated heterocycles. The van der Waals surface area contributed by atoms with Crippen molar-refractivity contribution in [3.8, 4) is 0 Å². The molecule has 1 aliphatic rings. The third kappa shape index (κ3) is 3.43. The van der Waals surface area contributed by atoms with Gasteiger partial charge in [0.15, 0.2) is 0 Å². The molecule has 3 nitrogen and oxygen atoms in total. The highest BCUT2D eigenvalue weighted by Gasteiger charge is 2.36. The van der Waals surface area contributed by atoms with Crippen molar-refractivity contribution in [3.63, 3.8) is 0 Å². The predicted octanol–water partition coefficient (Wildman–Crippen LogP) is 3.59. The maximum absolute atomic E-state index is 11.0.